The molecule has 1 saturated heterocycles. The van der Waals surface area contributed by atoms with Crippen molar-refractivity contribution in [3.8, 4) is 0 Å². The fourth-order valence-electron chi connectivity index (χ4n) is 2.98. The van der Waals surface area contributed by atoms with Crippen LogP contribution in [0.15, 0.2) is 29.3 Å². The number of nitrogens with zero attached hydrogens (tertiary/aromatic N) is 3. The molecule has 1 aliphatic heterocycles. The summed E-state index contributed by atoms with van der Waals surface area (Å²) in [6.45, 7) is 10.6. The molecule has 1 atom stereocenters. The minimum absolute atomic E-state index is 0.438. The Morgan fingerprint density at radius 1 is 1.19 bits per heavy atom. The zero-order valence-electron chi connectivity index (χ0n) is 16.8. The lowest BCUT2D eigenvalue weighted by molar-refractivity contribution is 0.0220. The topological polar surface area (TPSA) is 52.1 Å². The van der Waals surface area contributed by atoms with Crippen LogP contribution < -0.4 is 15.5 Å². The highest BCUT2D eigenvalue weighted by Crippen LogP contribution is 2.12. The molecule has 2 N–H and O–H groups in total. The summed E-state index contributed by atoms with van der Waals surface area (Å²) in [5.41, 5.74) is 2.56. The van der Waals surface area contributed by atoms with Gasteiger partial charge < -0.3 is 20.3 Å². The highest BCUT2D eigenvalue weighted by molar-refractivity contribution is 5.79. The number of aliphatic imine (C=N–C) groups is 1. The molecule has 146 valence electrons. The Bertz CT molecular complexity index is 538. The maximum absolute atomic E-state index is 5.42. The molecular formula is C20H35N5O. The number of guanidine groups is 1. The van der Waals surface area contributed by atoms with Gasteiger partial charge in [0, 0.05) is 52.0 Å². The smallest absolute Gasteiger partial charge is 0.191 e. The van der Waals surface area contributed by atoms with Gasteiger partial charge in [-0.25, -0.2) is 0 Å². The molecule has 0 bridgehead atoms. The molecule has 1 aliphatic rings. The summed E-state index contributed by atoms with van der Waals surface area (Å²) in [6, 6.07) is 9.16. The molecule has 0 amide bonds. The molecule has 0 radical (unpaired) electrons. The third kappa shape index (κ3) is 6.84. The SMILES string of the molecule is CCNC(=NCC(C)N1CCOCC1)NCCc1ccc(N(C)C)cc1. The van der Waals surface area contributed by atoms with Gasteiger partial charge in [-0.3, -0.25) is 9.89 Å². The van der Waals surface area contributed by atoms with Gasteiger partial charge in [-0.05, 0) is 38.0 Å². The van der Waals surface area contributed by atoms with E-state index in [4.69, 9.17) is 9.73 Å². The lowest BCUT2D eigenvalue weighted by Gasteiger charge is -2.31. The molecule has 0 aromatic heterocycles. The first-order valence-electron chi connectivity index (χ1n) is 9.70. The van der Waals surface area contributed by atoms with Crippen molar-refractivity contribution in [1.29, 1.82) is 0 Å². The second-order valence-electron chi connectivity index (χ2n) is 6.95. The summed E-state index contributed by atoms with van der Waals surface area (Å²) in [7, 11) is 4.13. The van der Waals surface area contributed by atoms with E-state index in [1.807, 2.05) is 0 Å². The fourth-order valence-corrected chi connectivity index (χ4v) is 2.98. The molecule has 1 fully saturated rings. The second kappa shape index (κ2) is 11.0. The third-order valence-electron chi connectivity index (χ3n) is 4.69. The molecular weight excluding hydrogens is 326 g/mol. The molecule has 6 heteroatoms. The van der Waals surface area contributed by atoms with E-state index in [1.54, 1.807) is 0 Å². The van der Waals surface area contributed by atoms with Gasteiger partial charge in [-0.2, -0.15) is 0 Å². The molecule has 26 heavy (non-hydrogen) atoms. The largest absolute Gasteiger partial charge is 0.379 e. The molecule has 2 rings (SSSR count). The lowest BCUT2D eigenvalue weighted by Crippen LogP contribution is -2.44. The Morgan fingerprint density at radius 3 is 2.50 bits per heavy atom. The van der Waals surface area contributed by atoms with E-state index < -0.39 is 0 Å². The van der Waals surface area contributed by atoms with Gasteiger partial charge in [0.2, 0.25) is 0 Å². The number of ether oxygens (including phenoxy) is 1. The molecule has 1 aromatic rings. The Hall–Kier alpha value is -1.79. The van der Waals surface area contributed by atoms with E-state index in [-0.39, 0.29) is 0 Å². The van der Waals surface area contributed by atoms with Crippen molar-refractivity contribution in [3.05, 3.63) is 29.8 Å². The molecule has 1 heterocycles. The van der Waals surface area contributed by atoms with Crippen molar-refractivity contribution < 1.29 is 4.74 Å². The Kier molecular flexibility index (Phi) is 8.71. The minimum atomic E-state index is 0.438. The van der Waals surface area contributed by atoms with E-state index in [2.05, 4.69) is 72.6 Å². The summed E-state index contributed by atoms with van der Waals surface area (Å²) in [5.74, 6) is 0.900. The maximum atomic E-state index is 5.42. The number of rotatable bonds is 8. The molecule has 1 aromatic carbocycles. The highest BCUT2D eigenvalue weighted by Gasteiger charge is 2.16. The Morgan fingerprint density at radius 2 is 1.88 bits per heavy atom. The van der Waals surface area contributed by atoms with Crippen LogP contribution in [0.1, 0.15) is 19.4 Å². The Labute approximate surface area is 158 Å². The van der Waals surface area contributed by atoms with E-state index >= 15 is 0 Å². The van der Waals surface area contributed by atoms with Crippen LogP contribution in [0.4, 0.5) is 5.69 Å². The van der Waals surface area contributed by atoms with Crippen LogP contribution in [-0.2, 0) is 11.2 Å². The van der Waals surface area contributed by atoms with Crippen LogP contribution in [0.2, 0.25) is 0 Å². The van der Waals surface area contributed by atoms with Gasteiger partial charge >= 0.3 is 0 Å². The standard InChI is InChI=1S/C20H35N5O/c1-5-21-20(23-16-17(2)25-12-14-26-15-13-25)22-11-10-18-6-8-19(9-7-18)24(3)4/h6-9,17H,5,10-16H2,1-4H3,(H2,21,22,23). The van der Waals surface area contributed by atoms with Gasteiger partial charge in [0.25, 0.3) is 0 Å². The van der Waals surface area contributed by atoms with Gasteiger partial charge in [0.05, 0.1) is 19.8 Å². The lowest BCUT2D eigenvalue weighted by atomic mass is 10.1. The normalized spacial score (nSPS) is 17.0. The summed E-state index contributed by atoms with van der Waals surface area (Å²) < 4.78 is 5.42. The van der Waals surface area contributed by atoms with Crippen molar-refractivity contribution in [2.24, 2.45) is 4.99 Å². The Balaban J connectivity index is 1.79. The monoisotopic (exact) mass is 361 g/mol. The van der Waals surface area contributed by atoms with Crippen molar-refractivity contribution in [3.63, 3.8) is 0 Å². The first kappa shape index (κ1) is 20.5. The molecule has 0 spiro atoms. The van der Waals surface area contributed by atoms with Crippen LogP contribution in [-0.4, -0.2) is 76.9 Å². The minimum Gasteiger partial charge on any atom is -0.379 e. The van der Waals surface area contributed by atoms with Crippen LogP contribution in [0.5, 0.6) is 0 Å². The number of nitrogens with one attached hydrogen (secondary N) is 2. The summed E-state index contributed by atoms with van der Waals surface area (Å²) in [4.78, 5) is 9.33. The summed E-state index contributed by atoms with van der Waals surface area (Å²) in [5, 5.41) is 6.79. The zero-order valence-corrected chi connectivity index (χ0v) is 16.8. The van der Waals surface area contributed by atoms with Gasteiger partial charge in [0.15, 0.2) is 5.96 Å². The second-order valence-corrected chi connectivity index (χ2v) is 6.95. The predicted molar refractivity (Wildman–Crippen MR) is 110 cm³/mol. The third-order valence-corrected chi connectivity index (χ3v) is 4.69. The number of benzene rings is 1. The van der Waals surface area contributed by atoms with Crippen LogP contribution in [0.3, 0.4) is 0 Å². The average molecular weight is 362 g/mol. The van der Waals surface area contributed by atoms with E-state index in [1.165, 1.54) is 11.3 Å². The van der Waals surface area contributed by atoms with E-state index in [0.29, 0.717) is 6.04 Å². The number of anilines is 1. The predicted octanol–water partition coefficient (Wildman–Crippen LogP) is 1.57. The van der Waals surface area contributed by atoms with Gasteiger partial charge in [-0.1, -0.05) is 12.1 Å². The zero-order chi connectivity index (χ0) is 18.8. The van der Waals surface area contributed by atoms with Crippen molar-refractivity contribution >= 4 is 11.6 Å². The first-order chi connectivity index (χ1) is 12.6. The van der Waals surface area contributed by atoms with Crippen molar-refractivity contribution in [2.75, 3.05) is 64.9 Å². The van der Waals surface area contributed by atoms with Crippen LogP contribution >= 0.6 is 0 Å². The number of hydrogen-bond donors (Lipinski definition) is 2. The molecule has 0 saturated carbocycles. The molecule has 0 aliphatic carbocycles. The van der Waals surface area contributed by atoms with Gasteiger partial charge in [0.1, 0.15) is 0 Å². The maximum Gasteiger partial charge on any atom is 0.191 e. The van der Waals surface area contributed by atoms with Crippen molar-refractivity contribution in [1.82, 2.24) is 15.5 Å². The van der Waals surface area contributed by atoms with Crippen LogP contribution in [0, 0.1) is 0 Å². The number of hydrogen-bond acceptors (Lipinski definition) is 4. The van der Waals surface area contributed by atoms with E-state index in [0.717, 1.165) is 58.3 Å². The van der Waals surface area contributed by atoms with Gasteiger partial charge in [-0.15, -0.1) is 0 Å². The summed E-state index contributed by atoms with van der Waals surface area (Å²) in [6.07, 6.45) is 0.983. The van der Waals surface area contributed by atoms with Crippen molar-refractivity contribution in [2.45, 2.75) is 26.3 Å². The van der Waals surface area contributed by atoms with Crippen LogP contribution in [0.25, 0.3) is 0 Å². The number of morpholine rings is 1. The molecule has 1 unspecified atom stereocenters. The summed E-state index contributed by atoms with van der Waals surface area (Å²) >= 11 is 0. The fraction of sp³-hybridized carbons (Fsp3) is 0.650. The molecule has 6 nitrogen and oxygen atoms in total. The first-order valence-corrected chi connectivity index (χ1v) is 9.70. The average Bonchev–Trinajstić information content (AvgIpc) is 2.67. The highest BCUT2D eigenvalue weighted by atomic mass is 16.5. The van der Waals surface area contributed by atoms with E-state index in [9.17, 15) is 0 Å². The quantitative estimate of drug-likeness (QED) is 0.544.